The predicted octanol–water partition coefficient (Wildman–Crippen LogP) is 3.94. The first kappa shape index (κ1) is 23.7. The molecule has 4 rings (SSSR count). The highest BCUT2D eigenvalue weighted by atomic mass is 32.1. The fraction of sp³-hybridized carbons (Fsp3) is 0.318. The van der Waals surface area contributed by atoms with Gasteiger partial charge in [-0.2, -0.15) is 5.26 Å². The molecule has 2 aromatic carbocycles. The first-order chi connectivity index (χ1) is 16.0. The maximum atomic E-state index is 14.7. The highest BCUT2D eigenvalue weighted by molar-refractivity contribution is 7.81. The molecule has 2 aliphatic rings. The number of benzene rings is 2. The smallest absolute Gasteiger partial charge is 0.406 e. The Hall–Kier alpha value is -3.46. The number of carbonyl (C=O) groups is 2. The number of nitriles is 1. The lowest BCUT2D eigenvalue weighted by atomic mass is 9.75. The maximum absolute atomic E-state index is 14.7. The van der Waals surface area contributed by atoms with Crippen LogP contribution in [0.25, 0.3) is 0 Å². The van der Waals surface area contributed by atoms with E-state index in [0.717, 1.165) is 24.6 Å². The number of rotatable bonds is 4. The molecule has 1 saturated heterocycles. The first-order valence-electron chi connectivity index (χ1n) is 10.1. The molecule has 34 heavy (non-hydrogen) atoms. The van der Waals surface area contributed by atoms with Crippen LogP contribution in [0.3, 0.4) is 0 Å². The van der Waals surface area contributed by atoms with E-state index in [2.05, 4.69) is 22.7 Å². The Morgan fingerprint density at radius 3 is 2.50 bits per heavy atom. The third-order valence-electron chi connectivity index (χ3n) is 6.00. The second-order valence-electron chi connectivity index (χ2n) is 7.86. The van der Waals surface area contributed by atoms with Crippen molar-refractivity contribution in [3.05, 3.63) is 53.3 Å². The first-order valence-corrected chi connectivity index (χ1v) is 10.7. The summed E-state index contributed by atoms with van der Waals surface area (Å²) in [6, 6.07) is 8.81. The van der Waals surface area contributed by atoms with Gasteiger partial charge in [0.25, 0.3) is 11.8 Å². The Labute approximate surface area is 197 Å². The van der Waals surface area contributed by atoms with Gasteiger partial charge in [-0.25, -0.2) is 4.39 Å². The third-order valence-corrected chi connectivity index (χ3v) is 6.47. The molecule has 1 aliphatic heterocycles. The molecule has 7 nitrogen and oxygen atoms in total. The number of alkyl halides is 3. The Morgan fingerprint density at radius 2 is 1.97 bits per heavy atom. The second kappa shape index (κ2) is 8.39. The van der Waals surface area contributed by atoms with Gasteiger partial charge in [-0.05, 0) is 49.6 Å². The number of hydrogen-bond acceptors (Lipinski definition) is 6. The van der Waals surface area contributed by atoms with E-state index in [1.807, 2.05) is 0 Å². The number of nitrogens with zero attached hydrogens (tertiary/aromatic N) is 3. The van der Waals surface area contributed by atoms with E-state index >= 15 is 0 Å². The molecule has 2 fully saturated rings. The molecule has 12 heteroatoms. The Morgan fingerprint density at radius 1 is 1.26 bits per heavy atom. The SMILES string of the molecule is CNC(=O)c1ccc(N2C(S)N(c3ccc(OC(F)(F)F)cc3C#N)C(=O)C23CCC3)cc1F. The van der Waals surface area contributed by atoms with E-state index in [0.29, 0.717) is 18.5 Å². The predicted molar refractivity (Wildman–Crippen MR) is 117 cm³/mol. The van der Waals surface area contributed by atoms with Crippen molar-refractivity contribution < 1.29 is 31.9 Å². The van der Waals surface area contributed by atoms with Crippen LogP contribution in [0.15, 0.2) is 36.4 Å². The minimum Gasteiger partial charge on any atom is -0.406 e. The van der Waals surface area contributed by atoms with Gasteiger partial charge in [-0.15, -0.1) is 25.8 Å². The zero-order valence-electron chi connectivity index (χ0n) is 17.7. The molecule has 2 amide bonds. The standard InChI is InChI=1S/C22H18F4N4O3S/c1-28-18(31)15-5-3-13(10-16(15)23)30-20(34)29(19(32)21(30)7-2-8-21)17-6-4-14(9-12(17)11-27)33-22(24,25)26/h3-6,9-10,20,34H,2,7-8H2,1H3,(H,28,31). The van der Waals surface area contributed by atoms with E-state index < -0.39 is 40.8 Å². The van der Waals surface area contributed by atoms with Crippen LogP contribution >= 0.6 is 12.6 Å². The molecule has 0 aromatic heterocycles. The number of amides is 2. The van der Waals surface area contributed by atoms with Crippen LogP contribution in [-0.2, 0) is 4.79 Å². The van der Waals surface area contributed by atoms with Crippen molar-refractivity contribution in [2.75, 3.05) is 16.8 Å². The van der Waals surface area contributed by atoms with E-state index in [1.165, 1.54) is 30.1 Å². The number of thiol groups is 1. The van der Waals surface area contributed by atoms with Crippen molar-refractivity contribution in [2.45, 2.75) is 36.7 Å². The summed E-state index contributed by atoms with van der Waals surface area (Å²) in [6.07, 6.45) is -3.34. The van der Waals surface area contributed by atoms with Crippen molar-refractivity contribution in [3.8, 4) is 11.8 Å². The average molecular weight is 494 g/mol. The van der Waals surface area contributed by atoms with Crippen molar-refractivity contribution in [3.63, 3.8) is 0 Å². The van der Waals surface area contributed by atoms with Gasteiger partial charge in [-0.3, -0.25) is 14.5 Å². The molecule has 1 saturated carbocycles. The highest BCUT2D eigenvalue weighted by Gasteiger charge is 2.60. The highest BCUT2D eigenvalue weighted by Crippen LogP contribution is 2.50. The van der Waals surface area contributed by atoms with Gasteiger partial charge < -0.3 is 15.0 Å². The monoisotopic (exact) mass is 494 g/mol. The van der Waals surface area contributed by atoms with Gasteiger partial charge in [-0.1, -0.05) is 0 Å². The molecule has 1 N–H and O–H groups in total. The van der Waals surface area contributed by atoms with Crippen LogP contribution in [0.1, 0.15) is 35.2 Å². The van der Waals surface area contributed by atoms with Crippen molar-refractivity contribution in [2.24, 2.45) is 0 Å². The average Bonchev–Trinajstić information content (AvgIpc) is 2.98. The molecule has 0 radical (unpaired) electrons. The summed E-state index contributed by atoms with van der Waals surface area (Å²) >= 11 is 4.57. The Bertz CT molecular complexity index is 1210. The summed E-state index contributed by atoms with van der Waals surface area (Å²) < 4.78 is 56.3. The zero-order chi connectivity index (χ0) is 24.8. The minimum atomic E-state index is -4.94. The topological polar surface area (TPSA) is 85.7 Å². The summed E-state index contributed by atoms with van der Waals surface area (Å²) in [5, 5.41) is 11.9. The van der Waals surface area contributed by atoms with Gasteiger partial charge in [0.2, 0.25) is 0 Å². The van der Waals surface area contributed by atoms with E-state index in [-0.39, 0.29) is 16.8 Å². The van der Waals surface area contributed by atoms with Crippen LogP contribution in [-0.4, -0.2) is 36.3 Å². The van der Waals surface area contributed by atoms with Gasteiger partial charge in [0, 0.05) is 18.8 Å². The Balaban J connectivity index is 1.75. The number of hydrogen-bond donors (Lipinski definition) is 2. The second-order valence-corrected chi connectivity index (χ2v) is 8.32. The van der Waals surface area contributed by atoms with Crippen LogP contribution in [0.5, 0.6) is 5.75 Å². The fourth-order valence-electron chi connectivity index (χ4n) is 4.33. The lowest BCUT2D eigenvalue weighted by molar-refractivity contribution is -0.274. The molecule has 0 bridgehead atoms. The summed E-state index contributed by atoms with van der Waals surface area (Å²) in [7, 11) is 1.37. The molecule has 1 heterocycles. The van der Waals surface area contributed by atoms with Gasteiger partial charge in [0.15, 0.2) is 5.50 Å². The molecule has 1 spiro atoms. The largest absolute Gasteiger partial charge is 0.573 e. The maximum Gasteiger partial charge on any atom is 0.573 e. The lowest BCUT2D eigenvalue weighted by Gasteiger charge is -2.44. The summed E-state index contributed by atoms with van der Waals surface area (Å²) in [5.41, 5.74) is -2.07. The summed E-state index contributed by atoms with van der Waals surface area (Å²) in [5.74, 6) is -2.40. The molecular formula is C22H18F4N4O3S. The molecule has 1 atom stereocenters. The zero-order valence-corrected chi connectivity index (χ0v) is 18.6. The van der Waals surface area contributed by atoms with E-state index in [4.69, 9.17) is 0 Å². The molecule has 2 aromatic rings. The van der Waals surface area contributed by atoms with Gasteiger partial charge in [0.05, 0.1) is 16.8 Å². The van der Waals surface area contributed by atoms with Gasteiger partial charge in [0.1, 0.15) is 23.2 Å². The van der Waals surface area contributed by atoms with Crippen LogP contribution in [0.2, 0.25) is 0 Å². The number of anilines is 2. The van der Waals surface area contributed by atoms with E-state index in [1.54, 1.807) is 11.0 Å². The summed E-state index contributed by atoms with van der Waals surface area (Å²) in [4.78, 5) is 28.2. The number of ether oxygens (including phenoxy) is 1. The number of nitrogens with one attached hydrogen (secondary N) is 1. The van der Waals surface area contributed by atoms with Crippen LogP contribution < -0.4 is 19.9 Å². The lowest BCUT2D eigenvalue weighted by Crippen LogP contribution is -2.55. The third kappa shape index (κ3) is 3.79. The fourth-order valence-corrected chi connectivity index (χ4v) is 4.92. The van der Waals surface area contributed by atoms with Crippen molar-refractivity contribution in [1.29, 1.82) is 5.26 Å². The molecule has 1 aliphatic carbocycles. The summed E-state index contributed by atoms with van der Waals surface area (Å²) in [6.45, 7) is 0. The molecule has 1 unspecified atom stereocenters. The molecule has 178 valence electrons. The van der Waals surface area contributed by atoms with Crippen molar-refractivity contribution in [1.82, 2.24) is 5.32 Å². The van der Waals surface area contributed by atoms with Crippen LogP contribution in [0, 0.1) is 17.1 Å². The minimum absolute atomic E-state index is 0.0539. The normalized spacial score (nSPS) is 19.1. The van der Waals surface area contributed by atoms with Crippen LogP contribution in [0.4, 0.5) is 28.9 Å². The van der Waals surface area contributed by atoms with E-state index in [9.17, 15) is 32.4 Å². The Kier molecular flexibility index (Phi) is 5.85. The van der Waals surface area contributed by atoms with Gasteiger partial charge >= 0.3 is 6.36 Å². The number of halogens is 4. The number of carbonyl (C=O) groups excluding carboxylic acids is 2. The van der Waals surface area contributed by atoms with Crippen molar-refractivity contribution >= 4 is 35.8 Å². The quantitative estimate of drug-likeness (QED) is 0.497. The molecular weight excluding hydrogens is 476 g/mol.